The van der Waals surface area contributed by atoms with E-state index in [4.69, 9.17) is 0 Å². The highest BCUT2D eigenvalue weighted by Crippen LogP contribution is 2.29. The highest BCUT2D eigenvalue weighted by molar-refractivity contribution is 6.38. The predicted molar refractivity (Wildman–Crippen MR) is 80.7 cm³/mol. The summed E-state index contributed by atoms with van der Waals surface area (Å²) >= 11 is 0. The molecular formula is C17H20N2O3. The van der Waals surface area contributed by atoms with Gasteiger partial charge in [0.05, 0.1) is 0 Å². The van der Waals surface area contributed by atoms with Gasteiger partial charge in [-0.25, -0.2) is 0 Å². The summed E-state index contributed by atoms with van der Waals surface area (Å²) in [6, 6.07) is 9.03. The number of hydrogen-bond acceptors (Lipinski definition) is 3. The van der Waals surface area contributed by atoms with Gasteiger partial charge in [0.1, 0.15) is 6.04 Å². The quantitative estimate of drug-likeness (QED) is 0.833. The second kappa shape index (κ2) is 5.91. The van der Waals surface area contributed by atoms with Crippen LogP contribution in [-0.4, -0.2) is 34.6 Å². The lowest BCUT2D eigenvalue weighted by molar-refractivity contribution is -0.143. The van der Waals surface area contributed by atoms with Gasteiger partial charge in [-0.15, -0.1) is 0 Å². The molecule has 1 saturated heterocycles. The molecule has 2 amide bonds. The summed E-state index contributed by atoms with van der Waals surface area (Å²) in [6.07, 6.45) is 1.69. The van der Waals surface area contributed by atoms with E-state index in [2.05, 4.69) is 5.32 Å². The van der Waals surface area contributed by atoms with E-state index in [1.54, 1.807) is 0 Å². The van der Waals surface area contributed by atoms with Crippen molar-refractivity contribution in [2.45, 2.75) is 44.8 Å². The average molecular weight is 300 g/mol. The highest BCUT2D eigenvalue weighted by atomic mass is 16.2. The Morgan fingerprint density at radius 2 is 1.95 bits per heavy atom. The van der Waals surface area contributed by atoms with Gasteiger partial charge in [-0.05, 0) is 24.3 Å². The molecular weight excluding hydrogens is 280 g/mol. The first-order chi connectivity index (χ1) is 10.6. The van der Waals surface area contributed by atoms with Crippen molar-refractivity contribution in [3.8, 4) is 0 Å². The van der Waals surface area contributed by atoms with Crippen LogP contribution < -0.4 is 5.32 Å². The number of nitrogens with zero attached hydrogens (tertiary/aromatic N) is 1. The van der Waals surface area contributed by atoms with Gasteiger partial charge in [-0.2, -0.15) is 0 Å². The highest BCUT2D eigenvalue weighted by Gasteiger charge is 2.41. The summed E-state index contributed by atoms with van der Waals surface area (Å²) in [4.78, 5) is 38.0. The summed E-state index contributed by atoms with van der Waals surface area (Å²) in [5.41, 5.74) is 0.965. The molecule has 1 aliphatic carbocycles. The normalized spacial score (nSPS) is 26.9. The second-order valence-corrected chi connectivity index (χ2v) is 6.22. The van der Waals surface area contributed by atoms with Crippen LogP contribution in [0.1, 0.15) is 31.7 Å². The number of Topliss-reactive ketones (excluding diaryl/α,β-unsaturated/α-hetero) is 1. The van der Waals surface area contributed by atoms with E-state index < -0.39 is 17.7 Å². The van der Waals surface area contributed by atoms with Crippen LogP contribution in [0.2, 0.25) is 0 Å². The van der Waals surface area contributed by atoms with Crippen molar-refractivity contribution in [3.63, 3.8) is 0 Å². The Kier molecular flexibility index (Phi) is 3.96. The molecule has 2 aliphatic rings. The molecule has 0 bridgehead atoms. The van der Waals surface area contributed by atoms with Crippen molar-refractivity contribution < 1.29 is 14.4 Å². The molecule has 1 aliphatic heterocycles. The minimum atomic E-state index is -0.623. The molecule has 1 aromatic carbocycles. The molecule has 5 heteroatoms. The SMILES string of the molecule is C[C@@H]1CC1NC(=O)C(=O)[C@H]1CCC(=O)N1Cc1ccccc1. The first kappa shape index (κ1) is 14.8. The topological polar surface area (TPSA) is 66.5 Å². The summed E-state index contributed by atoms with van der Waals surface area (Å²) in [5.74, 6) is -0.648. The van der Waals surface area contributed by atoms with Crippen molar-refractivity contribution >= 4 is 17.6 Å². The van der Waals surface area contributed by atoms with Gasteiger partial charge in [0.25, 0.3) is 5.91 Å². The molecule has 1 aromatic rings. The fraction of sp³-hybridized carbons (Fsp3) is 0.471. The molecule has 1 N–H and O–H groups in total. The Bertz CT molecular complexity index is 599. The Hall–Kier alpha value is -2.17. The van der Waals surface area contributed by atoms with Gasteiger partial charge in [0, 0.05) is 19.0 Å². The minimum Gasteiger partial charge on any atom is -0.346 e. The maximum absolute atomic E-state index is 12.4. The van der Waals surface area contributed by atoms with Gasteiger partial charge in [-0.3, -0.25) is 14.4 Å². The Balaban J connectivity index is 1.67. The van der Waals surface area contributed by atoms with Gasteiger partial charge in [-0.1, -0.05) is 37.3 Å². The molecule has 0 aromatic heterocycles. The second-order valence-electron chi connectivity index (χ2n) is 6.22. The van der Waals surface area contributed by atoms with Crippen molar-refractivity contribution in [2.75, 3.05) is 0 Å². The number of nitrogens with one attached hydrogen (secondary N) is 1. The third-order valence-electron chi connectivity index (χ3n) is 4.48. The largest absolute Gasteiger partial charge is 0.346 e. The van der Waals surface area contributed by atoms with Crippen LogP contribution in [0.25, 0.3) is 0 Å². The predicted octanol–water partition coefficient (Wildman–Crippen LogP) is 1.27. The van der Waals surface area contributed by atoms with E-state index in [9.17, 15) is 14.4 Å². The van der Waals surface area contributed by atoms with E-state index in [0.717, 1.165) is 12.0 Å². The molecule has 3 rings (SSSR count). The molecule has 116 valence electrons. The number of rotatable bonds is 5. The fourth-order valence-corrected chi connectivity index (χ4v) is 2.90. The van der Waals surface area contributed by atoms with Crippen LogP contribution in [0.5, 0.6) is 0 Å². The Labute approximate surface area is 129 Å². The zero-order valence-electron chi connectivity index (χ0n) is 12.6. The third kappa shape index (κ3) is 3.03. The first-order valence-electron chi connectivity index (χ1n) is 7.74. The van der Waals surface area contributed by atoms with Gasteiger partial charge in [0.2, 0.25) is 11.7 Å². The Morgan fingerprint density at radius 3 is 2.59 bits per heavy atom. The smallest absolute Gasteiger partial charge is 0.289 e. The van der Waals surface area contributed by atoms with Gasteiger partial charge < -0.3 is 10.2 Å². The number of likely N-dealkylation sites (tertiary alicyclic amines) is 1. The monoisotopic (exact) mass is 300 g/mol. The lowest BCUT2D eigenvalue weighted by atomic mass is 10.1. The van der Waals surface area contributed by atoms with E-state index in [1.165, 1.54) is 4.90 Å². The average Bonchev–Trinajstić information content (AvgIpc) is 3.09. The Morgan fingerprint density at radius 1 is 1.27 bits per heavy atom. The van der Waals surface area contributed by atoms with Crippen LogP contribution in [0.3, 0.4) is 0 Å². The molecule has 1 saturated carbocycles. The lowest BCUT2D eigenvalue weighted by Gasteiger charge is -2.23. The van der Waals surface area contributed by atoms with Crippen molar-refractivity contribution in [1.82, 2.24) is 10.2 Å². The van der Waals surface area contributed by atoms with Crippen molar-refractivity contribution in [3.05, 3.63) is 35.9 Å². The van der Waals surface area contributed by atoms with Crippen LogP contribution in [0.15, 0.2) is 30.3 Å². The molecule has 1 heterocycles. The third-order valence-corrected chi connectivity index (χ3v) is 4.48. The summed E-state index contributed by atoms with van der Waals surface area (Å²) < 4.78 is 0. The standard InChI is InChI=1S/C17H20N2O3/c1-11-9-13(11)18-17(22)16(21)14-7-8-15(20)19(14)10-12-5-3-2-4-6-12/h2-6,11,13-14H,7-10H2,1H3,(H,18,22)/t11-,13?,14-/m1/s1. The molecule has 5 nitrogen and oxygen atoms in total. The van der Waals surface area contributed by atoms with Crippen LogP contribution >= 0.6 is 0 Å². The fourth-order valence-electron chi connectivity index (χ4n) is 2.90. The van der Waals surface area contributed by atoms with Crippen LogP contribution in [0.4, 0.5) is 0 Å². The number of amides is 2. The van der Waals surface area contributed by atoms with Crippen molar-refractivity contribution in [1.29, 1.82) is 0 Å². The van der Waals surface area contributed by atoms with Crippen molar-refractivity contribution in [2.24, 2.45) is 5.92 Å². The zero-order chi connectivity index (χ0) is 15.7. The maximum atomic E-state index is 12.4. The van der Waals surface area contributed by atoms with Crippen LogP contribution in [-0.2, 0) is 20.9 Å². The summed E-state index contributed by atoms with van der Waals surface area (Å²) in [6.45, 7) is 2.42. The molecule has 0 radical (unpaired) electrons. The molecule has 22 heavy (non-hydrogen) atoms. The van der Waals surface area contributed by atoms with Gasteiger partial charge >= 0.3 is 0 Å². The summed E-state index contributed by atoms with van der Waals surface area (Å²) in [7, 11) is 0. The maximum Gasteiger partial charge on any atom is 0.289 e. The lowest BCUT2D eigenvalue weighted by Crippen LogP contribution is -2.46. The van der Waals surface area contributed by atoms with E-state index in [1.807, 2.05) is 37.3 Å². The zero-order valence-corrected chi connectivity index (χ0v) is 12.6. The molecule has 2 fully saturated rings. The van der Waals surface area contributed by atoms with Gasteiger partial charge in [0.15, 0.2) is 0 Å². The minimum absolute atomic E-state index is 0.0604. The molecule has 0 spiro atoms. The number of carbonyl (C=O) groups excluding carboxylic acids is 3. The van der Waals surface area contributed by atoms with E-state index in [-0.39, 0.29) is 11.9 Å². The number of benzene rings is 1. The number of ketones is 1. The molecule has 1 unspecified atom stereocenters. The number of carbonyl (C=O) groups is 3. The van der Waals surface area contributed by atoms with E-state index >= 15 is 0 Å². The first-order valence-corrected chi connectivity index (χ1v) is 7.74. The van der Waals surface area contributed by atoms with E-state index in [0.29, 0.717) is 25.3 Å². The van der Waals surface area contributed by atoms with Crippen LogP contribution in [0, 0.1) is 5.92 Å². The number of hydrogen-bond donors (Lipinski definition) is 1. The summed E-state index contributed by atoms with van der Waals surface area (Å²) in [5, 5.41) is 2.75. The molecule has 3 atom stereocenters.